The Balaban J connectivity index is 1.99. The first-order chi connectivity index (χ1) is 15.0. The Morgan fingerprint density at radius 2 is 1.87 bits per heavy atom. The Kier molecular flexibility index (Phi) is 7.28. The molecule has 0 saturated heterocycles. The Hall–Kier alpha value is -3.35. The molecule has 1 aromatic heterocycles. The van der Waals surface area contributed by atoms with Gasteiger partial charge in [-0.3, -0.25) is 0 Å². The molecule has 31 heavy (non-hydrogen) atoms. The van der Waals surface area contributed by atoms with Gasteiger partial charge in [0.25, 0.3) is 0 Å². The monoisotopic (exact) mass is 423 g/mol. The molecule has 0 fully saturated rings. The van der Waals surface area contributed by atoms with Crippen molar-refractivity contribution in [2.45, 2.75) is 39.7 Å². The lowest BCUT2D eigenvalue weighted by Gasteiger charge is -2.23. The highest BCUT2D eigenvalue weighted by molar-refractivity contribution is 5.91. The molecule has 1 heterocycles. The number of para-hydroxylation sites is 1. The standard InChI is InChI=1S/C24H29N3O4/c1-6-10-21(24(28)30-7-2)31-22-15-17(13-14-20(22)29-5)27(4)23-18-11-8-9-12-19(18)25-16(3)26-23/h8-9,11-15,21H,6-7,10H2,1-5H3. The fraction of sp³-hybridized carbons (Fsp3) is 0.375. The van der Waals surface area contributed by atoms with Gasteiger partial charge in [-0.05, 0) is 44.5 Å². The minimum Gasteiger partial charge on any atom is -0.493 e. The van der Waals surface area contributed by atoms with Gasteiger partial charge in [0, 0.05) is 24.2 Å². The summed E-state index contributed by atoms with van der Waals surface area (Å²) in [4.78, 5) is 23.5. The van der Waals surface area contributed by atoms with Gasteiger partial charge in [0.1, 0.15) is 11.6 Å². The van der Waals surface area contributed by atoms with E-state index >= 15 is 0 Å². The Morgan fingerprint density at radius 1 is 1.10 bits per heavy atom. The number of hydrogen-bond donors (Lipinski definition) is 0. The van der Waals surface area contributed by atoms with E-state index in [1.54, 1.807) is 14.0 Å². The van der Waals surface area contributed by atoms with Gasteiger partial charge in [-0.15, -0.1) is 0 Å². The van der Waals surface area contributed by atoms with Crippen LogP contribution in [0, 0.1) is 6.92 Å². The van der Waals surface area contributed by atoms with Gasteiger partial charge in [0.05, 0.1) is 19.2 Å². The van der Waals surface area contributed by atoms with Crippen molar-refractivity contribution in [2.75, 3.05) is 25.7 Å². The first-order valence-electron chi connectivity index (χ1n) is 10.5. The minimum atomic E-state index is -0.693. The van der Waals surface area contributed by atoms with Crippen LogP contribution >= 0.6 is 0 Å². The van der Waals surface area contributed by atoms with Crippen LogP contribution < -0.4 is 14.4 Å². The molecule has 0 bridgehead atoms. The van der Waals surface area contributed by atoms with Crippen LogP contribution in [0.25, 0.3) is 10.9 Å². The number of esters is 1. The third-order valence-electron chi connectivity index (χ3n) is 4.92. The van der Waals surface area contributed by atoms with Crippen molar-refractivity contribution >= 4 is 28.4 Å². The van der Waals surface area contributed by atoms with E-state index in [0.717, 1.165) is 28.8 Å². The predicted molar refractivity (Wildman–Crippen MR) is 121 cm³/mol. The molecule has 1 atom stereocenters. The van der Waals surface area contributed by atoms with Crippen LogP contribution in [-0.2, 0) is 9.53 Å². The number of ether oxygens (including phenoxy) is 3. The maximum absolute atomic E-state index is 12.3. The fourth-order valence-electron chi connectivity index (χ4n) is 3.39. The summed E-state index contributed by atoms with van der Waals surface area (Å²) in [6.07, 6.45) is 0.650. The third kappa shape index (κ3) is 5.05. The van der Waals surface area contributed by atoms with Gasteiger partial charge in [-0.1, -0.05) is 25.5 Å². The largest absolute Gasteiger partial charge is 0.493 e. The van der Waals surface area contributed by atoms with E-state index in [9.17, 15) is 4.79 Å². The smallest absolute Gasteiger partial charge is 0.347 e. The molecular weight excluding hydrogens is 394 g/mol. The maximum atomic E-state index is 12.3. The molecule has 0 amide bonds. The van der Waals surface area contributed by atoms with Gasteiger partial charge in [0.15, 0.2) is 17.6 Å². The molecule has 0 N–H and O–H groups in total. The number of carbonyl (C=O) groups is 1. The molecule has 2 aromatic carbocycles. The maximum Gasteiger partial charge on any atom is 0.347 e. The lowest BCUT2D eigenvalue weighted by molar-refractivity contribution is -0.151. The molecule has 1 unspecified atom stereocenters. The number of carbonyl (C=O) groups excluding carboxylic acids is 1. The van der Waals surface area contributed by atoms with E-state index in [4.69, 9.17) is 14.2 Å². The average Bonchev–Trinajstić information content (AvgIpc) is 2.77. The van der Waals surface area contributed by atoms with Gasteiger partial charge < -0.3 is 19.1 Å². The fourth-order valence-corrected chi connectivity index (χ4v) is 3.39. The zero-order valence-electron chi connectivity index (χ0n) is 18.7. The number of hydrogen-bond acceptors (Lipinski definition) is 7. The van der Waals surface area contributed by atoms with E-state index in [1.807, 2.05) is 68.3 Å². The third-order valence-corrected chi connectivity index (χ3v) is 4.92. The lowest BCUT2D eigenvalue weighted by Crippen LogP contribution is -2.29. The van der Waals surface area contributed by atoms with Crippen LogP contribution in [-0.4, -0.2) is 42.8 Å². The first kappa shape index (κ1) is 22.3. The van der Waals surface area contributed by atoms with Crippen LogP contribution in [0.3, 0.4) is 0 Å². The van der Waals surface area contributed by atoms with E-state index in [1.165, 1.54) is 0 Å². The Bertz CT molecular complexity index is 1050. The SMILES string of the molecule is CCCC(Oc1cc(N(C)c2nc(C)nc3ccccc23)ccc1OC)C(=O)OCC. The topological polar surface area (TPSA) is 73.8 Å². The van der Waals surface area contributed by atoms with Gasteiger partial charge in [-0.25, -0.2) is 14.8 Å². The molecule has 164 valence electrons. The second kappa shape index (κ2) is 10.1. The number of aryl methyl sites for hydroxylation is 1. The van der Waals surface area contributed by atoms with E-state index in [-0.39, 0.29) is 5.97 Å². The first-order valence-corrected chi connectivity index (χ1v) is 10.5. The van der Waals surface area contributed by atoms with Crippen molar-refractivity contribution in [3.8, 4) is 11.5 Å². The normalized spacial score (nSPS) is 11.8. The van der Waals surface area contributed by atoms with E-state index < -0.39 is 6.10 Å². The van der Waals surface area contributed by atoms with Crippen molar-refractivity contribution < 1.29 is 19.0 Å². The second-order valence-corrected chi connectivity index (χ2v) is 7.15. The summed E-state index contributed by atoms with van der Waals surface area (Å²) in [5.41, 5.74) is 1.73. The van der Waals surface area contributed by atoms with Gasteiger partial charge >= 0.3 is 5.97 Å². The van der Waals surface area contributed by atoms with Crippen molar-refractivity contribution in [1.29, 1.82) is 0 Å². The van der Waals surface area contributed by atoms with Crippen molar-refractivity contribution in [3.63, 3.8) is 0 Å². The highest BCUT2D eigenvalue weighted by Crippen LogP contribution is 2.36. The van der Waals surface area contributed by atoms with Crippen LogP contribution in [0.1, 0.15) is 32.5 Å². The lowest BCUT2D eigenvalue weighted by atomic mass is 10.2. The number of aromatic nitrogens is 2. The second-order valence-electron chi connectivity index (χ2n) is 7.15. The Morgan fingerprint density at radius 3 is 2.58 bits per heavy atom. The summed E-state index contributed by atoms with van der Waals surface area (Å²) in [7, 11) is 3.51. The summed E-state index contributed by atoms with van der Waals surface area (Å²) in [6, 6.07) is 13.5. The van der Waals surface area contributed by atoms with Crippen LogP contribution in [0.4, 0.5) is 11.5 Å². The minimum absolute atomic E-state index is 0.308. The number of fused-ring (bicyclic) bond motifs is 1. The Labute approximate surface area is 183 Å². The molecule has 0 spiro atoms. The number of nitrogens with zero attached hydrogens (tertiary/aromatic N) is 3. The molecule has 0 aliphatic heterocycles. The summed E-state index contributed by atoms with van der Waals surface area (Å²) < 4.78 is 16.7. The predicted octanol–water partition coefficient (Wildman–Crippen LogP) is 4.83. The number of methoxy groups -OCH3 is 1. The molecular formula is C24H29N3O4. The van der Waals surface area contributed by atoms with E-state index in [2.05, 4.69) is 9.97 Å². The molecule has 3 rings (SSSR count). The van der Waals surface area contributed by atoms with Crippen LogP contribution in [0.2, 0.25) is 0 Å². The number of benzene rings is 2. The number of rotatable bonds is 9. The van der Waals surface area contributed by atoms with E-state index in [0.29, 0.717) is 30.4 Å². The molecule has 0 aliphatic carbocycles. The molecule has 7 heteroatoms. The molecule has 0 aliphatic rings. The number of anilines is 2. The zero-order chi connectivity index (χ0) is 22.4. The highest BCUT2D eigenvalue weighted by atomic mass is 16.6. The summed E-state index contributed by atoms with van der Waals surface area (Å²) in [6.45, 7) is 5.97. The molecule has 0 radical (unpaired) electrons. The van der Waals surface area contributed by atoms with Gasteiger partial charge in [-0.2, -0.15) is 0 Å². The van der Waals surface area contributed by atoms with Crippen LogP contribution in [0.5, 0.6) is 11.5 Å². The van der Waals surface area contributed by atoms with Crippen molar-refractivity contribution in [1.82, 2.24) is 9.97 Å². The zero-order valence-corrected chi connectivity index (χ0v) is 18.7. The quantitative estimate of drug-likeness (QED) is 0.457. The van der Waals surface area contributed by atoms with Gasteiger partial charge in [0.2, 0.25) is 0 Å². The van der Waals surface area contributed by atoms with Crippen molar-refractivity contribution in [2.24, 2.45) is 0 Å². The summed E-state index contributed by atoms with van der Waals surface area (Å²) >= 11 is 0. The summed E-state index contributed by atoms with van der Waals surface area (Å²) in [5.74, 6) is 2.13. The van der Waals surface area contributed by atoms with Crippen molar-refractivity contribution in [3.05, 3.63) is 48.3 Å². The van der Waals surface area contributed by atoms with Crippen LogP contribution in [0.15, 0.2) is 42.5 Å². The average molecular weight is 424 g/mol. The highest BCUT2D eigenvalue weighted by Gasteiger charge is 2.23. The summed E-state index contributed by atoms with van der Waals surface area (Å²) in [5, 5.41) is 0.948. The molecule has 3 aromatic rings. The molecule has 0 saturated carbocycles. The molecule has 7 nitrogen and oxygen atoms in total.